The fraction of sp³-hybridized carbons (Fsp3) is 0.733. The van der Waals surface area contributed by atoms with E-state index in [1.807, 2.05) is 14.0 Å². The molecule has 0 saturated carbocycles. The number of likely N-dealkylation sites (tertiary alicyclic amines) is 1. The average Bonchev–Trinajstić information content (AvgIpc) is 2.46. The van der Waals surface area contributed by atoms with Crippen molar-refractivity contribution < 1.29 is 0 Å². The van der Waals surface area contributed by atoms with Gasteiger partial charge < -0.3 is 10.3 Å². The van der Waals surface area contributed by atoms with Gasteiger partial charge in [-0.2, -0.15) is 0 Å². The van der Waals surface area contributed by atoms with E-state index in [0.717, 1.165) is 50.0 Å². The lowest BCUT2D eigenvalue weighted by atomic mass is 9.93. The summed E-state index contributed by atoms with van der Waals surface area (Å²) in [5.74, 6) is 1.65. The van der Waals surface area contributed by atoms with Crippen LogP contribution in [-0.2, 0) is 13.0 Å². The molecular formula is C15H27ClN4O. The molecule has 0 aliphatic carbocycles. The standard InChI is InChI=1S/C15H26N4O.ClH/c1-3-13-10-15(20)18-14(17-13)11-19-8-5-12(6-9-19)4-7-16-2;/h10,12,16H,3-9,11H2,1-2H3,(H,17,18,20);1H. The number of aromatic amines is 1. The monoisotopic (exact) mass is 314 g/mol. The predicted octanol–water partition coefficient (Wildman–Crippen LogP) is 1.58. The fourth-order valence-electron chi connectivity index (χ4n) is 2.81. The van der Waals surface area contributed by atoms with Crippen LogP contribution in [0, 0.1) is 5.92 Å². The summed E-state index contributed by atoms with van der Waals surface area (Å²) in [6.45, 7) is 6.11. The molecule has 0 unspecified atom stereocenters. The second kappa shape index (κ2) is 9.18. The van der Waals surface area contributed by atoms with Crippen LogP contribution < -0.4 is 10.9 Å². The molecule has 1 saturated heterocycles. The summed E-state index contributed by atoms with van der Waals surface area (Å²) < 4.78 is 0. The van der Waals surface area contributed by atoms with Gasteiger partial charge in [-0.3, -0.25) is 9.69 Å². The van der Waals surface area contributed by atoms with Crippen molar-refractivity contribution in [1.82, 2.24) is 20.2 Å². The van der Waals surface area contributed by atoms with E-state index in [-0.39, 0.29) is 18.0 Å². The number of hydrogen-bond donors (Lipinski definition) is 2. The molecule has 1 aliphatic rings. The van der Waals surface area contributed by atoms with E-state index >= 15 is 0 Å². The van der Waals surface area contributed by atoms with Crippen molar-refractivity contribution in [3.63, 3.8) is 0 Å². The molecule has 2 N–H and O–H groups in total. The summed E-state index contributed by atoms with van der Waals surface area (Å²) >= 11 is 0. The van der Waals surface area contributed by atoms with Gasteiger partial charge in [0.15, 0.2) is 0 Å². The minimum absolute atomic E-state index is 0. The topological polar surface area (TPSA) is 61.0 Å². The highest BCUT2D eigenvalue weighted by Crippen LogP contribution is 2.20. The second-order valence-corrected chi connectivity index (χ2v) is 5.65. The third-order valence-electron chi connectivity index (χ3n) is 4.09. The van der Waals surface area contributed by atoms with Gasteiger partial charge in [-0.25, -0.2) is 4.98 Å². The molecule has 2 heterocycles. The Morgan fingerprint density at radius 2 is 2.14 bits per heavy atom. The molecule has 5 nitrogen and oxygen atoms in total. The average molecular weight is 315 g/mol. The summed E-state index contributed by atoms with van der Waals surface area (Å²) in [6, 6.07) is 1.59. The summed E-state index contributed by atoms with van der Waals surface area (Å²) in [5, 5.41) is 3.22. The molecule has 0 atom stereocenters. The molecule has 0 radical (unpaired) electrons. The molecule has 2 rings (SSSR count). The molecule has 0 aromatic carbocycles. The number of piperidine rings is 1. The van der Waals surface area contributed by atoms with Gasteiger partial charge in [0.05, 0.1) is 6.54 Å². The Labute approximate surface area is 133 Å². The van der Waals surface area contributed by atoms with Crippen LogP contribution in [0.2, 0.25) is 0 Å². The Morgan fingerprint density at radius 1 is 1.43 bits per heavy atom. The molecule has 0 bridgehead atoms. The van der Waals surface area contributed by atoms with E-state index in [1.54, 1.807) is 6.07 Å². The highest BCUT2D eigenvalue weighted by molar-refractivity contribution is 5.85. The molecule has 0 spiro atoms. The van der Waals surface area contributed by atoms with Gasteiger partial charge in [-0.1, -0.05) is 6.92 Å². The van der Waals surface area contributed by atoms with Crippen molar-refractivity contribution >= 4 is 12.4 Å². The van der Waals surface area contributed by atoms with Gasteiger partial charge in [0, 0.05) is 11.8 Å². The summed E-state index contributed by atoms with van der Waals surface area (Å²) in [6.07, 6.45) is 4.58. The first-order valence-electron chi connectivity index (χ1n) is 7.67. The van der Waals surface area contributed by atoms with Crippen LogP contribution in [-0.4, -0.2) is 41.5 Å². The molecule has 1 aromatic heterocycles. The lowest BCUT2D eigenvalue weighted by Crippen LogP contribution is -2.35. The number of halogens is 1. The molecule has 120 valence electrons. The van der Waals surface area contributed by atoms with Crippen LogP contribution >= 0.6 is 12.4 Å². The van der Waals surface area contributed by atoms with Gasteiger partial charge in [0.1, 0.15) is 5.82 Å². The third kappa shape index (κ3) is 5.77. The number of rotatable bonds is 6. The van der Waals surface area contributed by atoms with Crippen molar-refractivity contribution in [2.75, 3.05) is 26.7 Å². The zero-order valence-electron chi connectivity index (χ0n) is 13.0. The second-order valence-electron chi connectivity index (χ2n) is 5.65. The summed E-state index contributed by atoms with van der Waals surface area (Å²) in [5.41, 5.74) is 0.850. The van der Waals surface area contributed by atoms with Crippen LogP contribution in [0.1, 0.15) is 37.7 Å². The maximum absolute atomic E-state index is 11.6. The Bertz CT molecular complexity index is 469. The van der Waals surface area contributed by atoms with Crippen LogP contribution in [0.4, 0.5) is 0 Å². The quantitative estimate of drug-likeness (QED) is 0.837. The highest BCUT2D eigenvalue weighted by atomic mass is 35.5. The van der Waals surface area contributed by atoms with E-state index < -0.39 is 0 Å². The minimum Gasteiger partial charge on any atom is -0.320 e. The van der Waals surface area contributed by atoms with E-state index in [2.05, 4.69) is 20.2 Å². The number of hydrogen-bond acceptors (Lipinski definition) is 4. The predicted molar refractivity (Wildman–Crippen MR) is 88.0 cm³/mol. The highest BCUT2D eigenvalue weighted by Gasteiger charge is 2.19. The van der Waals surface area contributed by atoms with Crippen LogP contribution in [0.5, 0.6) is 0 Å². The molecule has 1 fully saturated rings. The molecule has 1 aromatic rings. The first-order valence-corrected chi connectivity index (χ1v) is 7.67. The maximum atomic E-state index is 11.6. The number of nitrogens with one attached hydrogen (secondary N) is 2. The first-order chi connectivity index (χ1) is 9.71. The first kappa shape index (κ1) is 18.1. The number of H-pyrrole nitrogens is 1. The van der Waals surface area contributed by atoms with Crippen molar-refractivity contribution in [3.8, 4) is 0 Å². The normalized spacial score (nSPS) is 16.7. The number of aryl methyl sites for hydroxylation is 1. The Balaban J connectivity index is 0.00000220. The zero-order chi connectivity index (χ0) is 14.4. The van der Waals surface area contributed by atoms with E-state index in [4.69, 9.17) is 0 Å². The molecule has 0 amide bonds. The van der Waals surface area contributed by atoms with Crippen molar-refractivity contribution in [3.05, 3.63) is 27.9 Å². The fourth-order valence-corrected chi connectivity index (χ4v) is 2.81. The van der Waals surface area contributed by atoms with Crippen LogP contribution in [0.3, 0.4) is 0 Å². The minimum atomic E-state index is -0.0317. The van der Waals surface area contributed by atoms with Crippen molar-refractivity contribution in [2.24, 2.45) is 5.92 Å². The summed E-state index contributed by atoms with van der Waals surface area (Å²) in [4.78, 5) is 21.3. The zero-order valence-corrected chi connectivity index (χ0v) is 13.8. The van der Waals surface area contributed by atoms with Gasteiger partial charge in [-0.05, 0) is 58.3 Å². The lowest BCUT2D eigenvalue weighted by Gasteiger charge is -2.31. The van der Waals surface area contributed by atoms with Gasteiger partial charge in [0.25, 0.3) is 5.56 Å². The molecule has 6 heteroatoms. The van der Waals surface area contributed by atoms with Crippen LogP contribution in [0.25, 0.3) is 0 Å². The lowest BCUT2D eigenvalue weighted by molar-refractivity contribution is 0.168. The Kier molecular flexibility index (Phi) is 7.93. The van der Waals surface area contributed by atoms with E-state index in [0.29, 0.717) is 0 Å². The SMILES string of the molecule is CCc1cc(=O)[nH]c(CN2CCC(CCNC)CC2)n1.Cl. The van der Waals surface area contributed by atoms with Crippen LogP contribution in [0.15, 0.2) is 10.9 Å². The number of aromatic nitrogens is 2. The number of nitrogens with zero attached hydrogens (tertiary/aromatic N) is 2. The Morgan fingerprint density at radius 3 is 2.76 bits per heavy atom. The Hall–Kier alpha value is -0.910. The maximum Gasteiger partial charge on any atom is 0.251 e. The van der Waals surface area contributed by atoms with Gasteiger partial charge in [0.2, 0.25) is 0 Å². The van der Waals surface area contributed by atoms with Crippen molar-refractivity contribution in [2.45, 2.75) is 39.2 Å². The molecule has 1 aliphatic heterocycles. The van der Waals surface area contributed by atoms with Gasteiger partial charge in [-0.15, -0.1) is 12.4 Å². The van der Waals surface area contributed by atoms with E-state index in [1.165, 1.54) is 19.3 Å². The van der Waals surface area contributed by atoms with Gasteiger partial charge >= 0.3 is 0 Å². The molecule has 21 heavy (non-hydrogen) atoms. The third-order valence-corrected chi connectivity index (χ3v) is 4.09. The molecular weight excluding hydrogens is 288 g/mol. The largest absolute Gasteiger partial charge is 0.320 e. The summed E-state index contributed by atoms with van der Waals surface area (Å²) in [7, 11) is 2.01. The smallest absolute Gasteiger partial charge is 0.251 e. The van der Waals surface area contributed by atoms with Crippen molar-refractivity contribution in [1.29, 1.82) is 0 Å². The van der Waals surface area contributed by atoms with E-state index in [9.17, 15) is 4.79 Å².